The van der Waals surface area contributed by atoms with Crippen LogP contribution < -0.4 is 4.90 Å². The van der Waals surface area contributed by atoms with Crippen LogP contribution in [0.2, 0.25) is 0 Å². The molecule has 1 aromatic carbocycles. The lowest BCUT2D eigenvalue weighted by molar-refractivity contribution is 0.699. The molecule has 1 aliphatic heterocycles. The lowest BCUT2D eigenvalue weighted by Gasteiger charge is -2.35. The Labute approximate surface area is 109 Å². The zero-order valence-corrected chi connectivity index (χ0v) is 11.5. The number of rotatable bonds is 1. The summed E-state index contributed by atoms with van der Waals surface area (Å²) in [6.07, 6.45) is 0. The van der Waals surface area contributed by atoms with Crippen LogP contribution >= 0.6 is 27.7 Å². The number of nitriles is 1. The molecule has 1 heterocycles. The van der Waals surface area contributed by atoms with Crippen LogP contribution in [0.5, 0.6) is 0 Å². The van der Waals surface area contributed by atoms with Gasteiger partial charge in [0.15, 0.2) is 0 Å². The van der Waals surface area contributed by atoms with Gasteiger partial charge in [-0.25, -0.2) is 0 Å². The van der Waals surface area contributed by atoms with Gasteiger partial charge in [0.05, 0.1) is 11.3 Å². The second kappa shape index (κ2) is 5.11. The topological polar surface area (TPSA) is 27.0 Å². The fourth-order valence-corrected chi connectivity index (χ4v) is 3.28. The Morgan fingerprint density at radius 2 is 2.38 bits per heavy atom. The number of hydrogen-bond donors (Lipinski definition) is 0. The predicted octanol–water partition coefficient (Wildman–Crippen LogP) is 3.26. The Morgan fingerprint density at radius 1 is 1.56 bits per heavy atom. The number of nitrogens with zero attached hydrogens (tertiary/aromatic N) is 2. The average molecular weight is 297 g/mol. The third-order valence-electron chi connectivity index (χ3n) is 2.76. The van der Waals surface area contributed by atoms with Crippen LogP contribution in [0.15, 0.2) is 22.7 Å². The van der Waals surface area contributed by atoms with Gasteiger partial charge in [-0.1, -0.05) is 15.9 Å². The van der Waals surface area contributed by atoms with Crippen molar-refractivity contribution in [1.82, 2.24) is 0 Å². The summed E-state index contributed by atoms with van der Waals surface area (Å²) >= 11 is 5.45. The molecule has 0 amide bonds. The SMILES string of the molecule is CC1CSCCN1c1cc(Br)ccc1C#N. The van der Waals surface area contributed by atoms with Crippen molar-refractivity contribution < 1.29 is 0 Å². The first kappa shape index (κ1) is 11.8. The molecule has 0 saturated carbocycles. The van der Waals surface area contributed by atoms with Crippen LogP contribution in [-0.2, 0) is 0 Å². The lowest BCUT2D eigenvalue weighted by atomic mass is 10.1. The molecule has 1 unspecified atom stereocenters. The molecule has 0 N–H and O–H groups in total. The van der Waals surface area contributed by atoms with Crippen molar-refractivity contribution in [3.05, 3.63) is 28.2 Å². The van der Waals surface area contributed by atoms with Gasteiger partial charge in [0.25, 0.3) is 0 Å². The van der Waals surface area contributed by atoms with Crippen molar-refractivity contribution in [3.8, 4) is 6.07 Å². The van der Waals surface area contributed by atoms with Crippen LogP contribution in [0.1, 0.15) is 12.5 Å². The van der Waals surface area contributed by atoms with Gasteiger partial charge in [-0.3, -0.25) is 0 Å². The fraction of sp³-hybridized carbons (Fsp3) is 0.417. The molecule has 2 nitrogen and oxygen atoms in total. The van der Waals surface area contributed by atoms with E-state index in [4.69, 9.17) is 5.26 Å². The van der Waals surface area contributed by atoms with E-state index in [1.54, 1.807) is 0 Å². The Bertz CT molecular complexity index is 428. The van der Waals surface area contributed by atoms with Crippen molar-refractivity contribution >= 4 is 33.4 Å². The monoisotopic (exact) mass is 296 g/mol. The molecular weight excluding hydrogens is 284 g/mol. The van der Waals surface area contributed by atoms with Crippen LogP contribution in [0, 0.1) is 11.3 Å². The average Bonchev–Trinajstić information content (AvgIpc) is 2.29. The molecule has 1 aromatic rings. The molecule has 1 atom stereocenters. The highest BCUT2D eigenvalue weighted by Gasteiger charge is 2.21. The molecule has 2 rings (SSSR count). The van der Waals surface area contributed by atoms with E-state index in [0.29, 0.717) is 6.04 Å². The summed E-state index contributed by atoms with van der Waals surface area (Å²) in [5.41, 5.74) is 1.83. The summed E-state index contributed by atoms with van der Waals surface area (Å²) in [4.78, 5) is 2.33. The first-order valence-corrected chi connectivity index (χ1v) is 7.21. The standard InChI is InChI=1S/C12H13BrN2S/c1-9-8-16-5-4-15(9)12-6-11(13)3-2-10(12)7-14/h2-3,6,9H,4-5,8H2,1H3. The van der Waals surface area contributed by atoms with E-state index < -0.39 is 0 Å². The number of hydrogen-bond acceptors (Lipinski definition) is 3. The lowest BCUT2D eigenvalue weighted by Crippen LogP contribution is -2.40. The Hall–Kier alpha value is -0.660. The minimum absolute atomic E-state index is 0.500. The van der Waals surface area contributed by atoms with E-state index >= 15 is 0 Å². The van der Waals surface area contributed by atoms with Gasteiger partial charge in [-0.15, -0.1) is 0 Å². The maximum absolute atomic E-state index is 9.13. The summed E-state index contributed by atoms with van der Waals surface area (Å²) in [6, 6.07) is 8.62. The molecule has 1 aliphatic rings. The summed E-state index contributed by atoms with van der Waals surface area (Å²) < 4.78 is 1.03. The normalized spacial score (nSPS) is 20.6. The Morgan fingerprint density at radius 3 is 3.06 bits per heavy atom. The van der Waals surface area contributed by atoms with Crippen molar-refractivity contribution in [2.24, 2.45) is 0 Å². The van der Waals surface area contributed by atoms with E-state index in [0.717, 1.165) is 33.8 Å². The summed E-state index contributed by atoms with van der Waals surface area (Å²) in [7, 11) is 0. The second-order valence-corrected chi connectivity index (χ2v) is 5.96. The number of thioether (sulfide) groups is 1. The number of benzene rings is 1. The van der Waals surface area contributed by atoms with E-state index in [2.05, 4.69) is 33.8 Å². The molecule has 1 fully saturated rings. The van der Waals surface area contributed by atoms with Crippen LogP contribution in [-0.4, -0.2) is 24.1 Å². The first-order chi connectivity index (χ1) is 7.72. The molecule has 0 bridgehead atoms. The van der Waals surface area contributed by atoms with Gasteiger partial charge in [0.2, 0.25) is 0 Å². The summed E-state index contributed by atoms with van der Waals surface area (Å²) in [5.74, 6) is 2.28. The predicted molar refractivity (Wildman–Crippen MR) is 73.0 cm³/mol. The minimum Gasteiger partial charge on any atom is -0.366 e. The van der Waals surface area contributed by atoms with Gasteiger partial charge in [0, 0.05) is 28.6 Å². The molecule has 0 radical (unpaired) electrons. The molecule has 0 aliphatic carbocycles. The highest BCUT2D eigenvalue weighted by Crippen LogP contribution is 2.29. The van der Waals surface area contributed by atoms with Crippen LogP contribution in [0.25, 0.3) is 0 Å². The highest BCUT2D eigenvalue weighted by atomic mass is 79.9. The van der Waals surface area contributed by atoms with Gasteiger partial charge >= 0.3 is 0 Å². The summed E-state index contributed by atoms with van der Waals surface area (Å²) in [5, 5.41) is 9.13. The number of anilines is 1. The quantitative estimate of drug-likeness (QED) is 0.796. The van der Waals surface area contributed by atoms with Crippen molar-refractivity contribution in [2.75, 3.05) is 23.0 Å². The molecule has 16 heavy (non-hydrogen) atoms. The maximum atomic E-state index is 9.13. The summed E-state index contributed by atoms with van der Waals surface area (Å²) in [6.45, 7) is 3.24. The largest absolute Gasteiger partial charge is 0.366 e. The maximum Gasteiger partial charge on any atom is 0.101 e. The third-order valence-corrected chi connectivity index (χ3v) is 4.44. The van der Waals surface area contributed by atoms with E-state index in [9.17, 15) is 0 Å². The Kier molecular flexibility index (Phi) is 3.78. The first-order valence-electron chi connectivity index (χ1n) is 5.26. The van der Waals surface area contributed by atoms with Gasteiger partial charge in [-0.2, -0.15) is 17.0 Å². The van der Waals surface area contributed by atoms with Crippen molar-refractivity contribution in [1.29, 1.82) is 5.26 Å². The number of halogens is 1. The Balaban J connectivity index is 2.38. The highest BCUT2D eigenvalue weighted by molar-refractivity contribution is 9.10. The molecule has 84 valence electrons. The smallest absolute Gasteiger partial charge is 0.101 e. The minimum atomic E-state index is 0.500. The molecular formula is C12H13BrN2S. The van der Waals surface area contributed by atoms with E-state index in [-0.39, 0.29) is 0 Å². The van der Waals surface area contributed by atoms with Crippen LogP contribution in [0.3, 0.4) is 0 Å². The van der Waals surface area contributed by atoms with E-state index in [1.165, 1.54) is 0 Å². The zero-order chi connectivity index (χ0) is 11.5. The fourth-order valence-electron chi connectivity index (χ4n) is 1.92. The molecule has 0 aromatic heterocycles. The van der Waals surface area contributed by atoms with Gasteiger partial charge < -0.3 is 4.90 Å². The zero-order valence-electron chi connectivity index (χ0n) is 9.11. The van der Waals surface area contributed by atoms with Crippen molar-refractivity contribution in [2.45, 2.75) is 13.0 Å². The molecule has 4 heteroatoms. The molecule has 1 saturated heterocycles. The van der Waals surface area contributed by atoms with Gasteiger partial charge in [0.1, 0.15) is 6.07 Å². The van der Waals surface area contributed by atoms with Gasteiger partial charge in [-0.05, 0) is 25.1 Å². The third kappa shape index (κ3) is 2.36. The van der Waals surface area contributed by atoms with Crippen molar-refractivity contribution in [3.63, 3.8) is 0 Å². The van der Waals surface area contributed by atoms with E-state index in [1.807, 2.05) is 30.0 Å². The second-order valence-electron chi connectivity index (χ2n) is 3.89. The van der Waals surface area contributed by atoms with Crippen LogP contribution in [0.4, 0.5) is 5.69 Å². The molecule has 0 spiro atoms.